The molecule has 1 aliphatic carbocycles. The van der Waals surface area contributed by atoms with E-state index in [4.69, 9.17) is 19.4 Å². The Morgan fingerprint density at radius 3 is 2.77 bits per heavy atom. The van der Waals surface area contributed by atoms with Gasteiger partial charge in [-0.1, -0.05) is 12.1 Å². The molecular weight excluding hydrogens is 417 g/mol. The maximum absolute atomic E-state index is 12.5. The molecule has 2 saturated heterocycles. The predicted octanol–water partition coefficient (Wildman–Crippen LogP) is 3.10. The van der Waals surface area contributed by atoms with Crippen LogP contribution < -0.4 is 0 Å². The summed E-state index contributed by atoms with van der Waals surface area (Å²) < 4.78 is 43.8. The number of alkyl halides is 3. The number of carboxylic acids is 1. The van der Waals surface area contributed by atoms with Crippen molar-refractivity contribution >= 4 is 11.9 Å². The molecule has 1 aromatic heterocycles. The number of nitrogens with zero attached hydrogens (tertiary/aromatic N) is 2. The number of aliphatic carboxylic acids is 1. The second-order valence-electron chi connectivity index (χ2n) is 7.89. The van der Waals surface area contributed by atoms with Crippen molar-refractivity contribution in [3.8, 4) is 0 Å². The fourth-order valence-corrected chi connectivity index (χ4v) is 3.98. The van der Waals surface area contributed by atoms with Crippen LogP contribution in [0.5, 0.6) is 0 Å². The zero-order valence-corrected chi connectivity index (χ0v) is 16.9. The minimum absolute atomic E-state index is 0.103. The molecular formula is C21H25F3N2O5. The third-order valence-corrected chi connectivity index (χ3v) is 5.55. The van der Waals surface area contributed by atoms with Crippen molar-refractivity contribution in [1.82, 2.24) is 9.88 Å². The average Bonchev–Trinajstić information content (AvgIpc) is 3.49. The first-order chi connectivity index (χ1) is 14.7. The molecule has 10 heteroatoms. The summed E-state index contributed by atoms with van der Waals surface area (Å²) in [5.41, 5.74) is 1.87. The number of halogens is 3. The van der Waals surface area contributed by atoms with Gasteiger partial charge >= 0.3 is 12.1 Å². The molecule has 3 aliphatic rings. The number of carboxylic acid groups (broad SMARTS) is 1. The number of rotatable bonds is 4. The van der Waals surface area contributed by atoms with Gasteiger partial charge < -0.3 is 19.5 Å². The number of carbonyl (C=O) groups is 2. The molecule has 1 aromatic rings. The third kappa shape index (κ3) is 6.27. The van der Waals surface area contributed by atoms with Gasteiger partial charge in [-0.25, -0.2) is 4.79 Å². The molecule has 0 saturated carbocycles. The molecule has 170 valence electrons. The third-order valence-electron chi connectivity index (χ3n) is 5.55. The Hall–Kier alpha value is -2.46. The number of hydrogen-bond donors (Lipinski definition) is 1. The Morgan fingerprint density at radius 2 is 2.16 bits per heavy atom. The van der Waals surface area contributed by atoms with Gasteiger partial charge in [0.1, 0.15) is 0 Å². The van der Waals surface area contributed by atoms with Crippen molar-refractivity contribution in [3.63, 3.8) is 0 Å². The van der Waals surface area contributed by atoms with E-state index in [0.717, 1.165) is 49.8 Å². The lowest BCUT2D eigenvalue weighted by molar-refractivity contribution is -0.192. The standard InChI is InChI=1S/C19H24N2O3.C2HF3O2/c22-18(16-5-1-2-6-16)21-9-7-19(14-21)10-17(13-24-19)23-12-15-4-3-8-20-11-15;3-2(4,5)1(6)7/h3-5,8,11,17H,1-2,6-7,9-10,12-14H2;(H,6,7)/t17-,19+;/m1./s1. The Kier molecular flexibility index (Phi) is 7.32. The highest BCUT2D eigenvalue weighted by molar-refractivity contribution is 5.94. The highest BCUT2D eigenvalue weighted by Crippen LogP contribution is 2.37. The number of likely N-dealkylation sites (tertiary alicyclic amines) is 1. The lowest BCUT2D eigenvalue weighted by Crippen LogP contribution is -2.36. The summed E-state index contributed by atoms with van der Waals surface area (Å²) in [6, 6.07) is 3.94. The van der Waals surface area contributed by atoms with Crippen LogP contribution in [0.3, 0.4) is 0 Å². The molecule has 2 aliphatic heterocycles. The largest absolute Gasteiger partial charge is 0.490 e. The topological polar surface area (TPSA) is 89.0 Å². The van der Waals surface area contributed by atoms with Gasteiger partial charge in [0.2, 0.25) is 5.91 Å². The van der Waals surface area contributed by atoms with Gasteiger partial charge in [-0.15, -0.1) is 0 Å². The lowest BCUT2D eigenvalue weighted by Gasteiger charge is -2.23. The molecule has 2 atom stereocenters. The van der Waals surface area contributed by atoms with Crippen LogP contribution in [0.2, 0.25) is 0 Å². The number of hydrogen-bond acceptors (Lipinski definition) is 5. The molecule has 4 rings (SSSR count). The molecule has 2 fully saturated rings. The van der Waals surface area contributed by atoms with E-state index in [-0.39, 0.29) is 17.6 Å². The maximum atomic E-state index is 12.5. The molecule has 31 heavy (non-hydrogen) atoms. The van der Waals surface area contributed by atoms with Gasteiger partial charge in [0.05, 0.1) is 31.5 Å². The number of amides is 1. The SMILES string of the molecule is O=C(C1=CCCC1)N1CC[C@]2(C[C@@H](OCc3cccnc3)CO2)C1.O=C(O)C(F)(F)F. The quantitative estimate of drug-likeness (QED) is 0.771. The number of carbonyl (C=O) groups excluding carboxylic acids is 1. The van der Waals surface area contributed by atoms with Crippen LogP contribution in [0.4, 0.5) is 13.2 Å². The molecule has 3 heterocycles. The van der Waals surface area contributed by atoms with Gasteiger partial charge in [0.25, 0.3) is 0 Å². The van der Waals surface area contributed by atoms with Gasteiger partial charge in [-0.05, 0) is 37.3 Å². The van der Waals surface area contributed by atoms with Crippen LogP contribution in [0.25, 0.3) is 0 Å². The second-order valence-corrected chi connectivity index (χ2v) is 7.89. The first kappa shape index (κ1) is 23.2. The highest BCUT2D eigenvalue weighted by Gasteiger charge is 2.47. The Bertz CT molecular complexity index is 815. The number of ether oxygens (including phenoxy) is 2. The van der Waals surface area contributed by atoms with Crippen LogP contribution in [-0.4, -0.2) is 64.4 Å². The molecule has 1 amide bonds. The van der Waals surface area contributed by atoms with Crippen LogP contribution >= 0.6 is 0 Å². The summed E-state index contributed by atoms with van der Waals surface area (Å²) in [5.74, 6) is -2.54. The van der Waals surface area contributed by atoms with Crippen LogP contribution in [0.15, 0.2) is 36.2 Å². The van der Waals surface area contributed by atoms with Crippen molar-refractivity contribution < 1.29 is 37.3 Å². The first-order valence-electron chi connectivity index (χ1n) is 10.1. The van der Waals surface area contributed by atoms with Crippen molar-refractivity contribution in [2.75, 3.05) is 19.7 Å². The van der Waals surface area contributed by atoms with E-state index in [9.17, 15) is 18.0 Å². The summed E-state index contributed by atoms with van der Waals surface area (Å²) in [6.45, 7) is 2.68. The van der Waals surface area contributed by atoms with Gasteiger partial charge in [0, 0.05) is 30.9 Å². The van der Waals surface area contributed by atoms with Crippen molar-refractivity contribution in [2.24, 2.45) is 0 Å². The number of pyridine rings is 1. The van der Waals surface area contributed by atoms with Crippen molar-refractivity contribution in [2.45, 2.75) is 56.6 Å². The van der Waals surface area contributed by atoms with E-state index in [0.29, 0.717) is 19.8 Å². The Balaban J connectivity index is 0.000000339. The van der Waals surface area contributed by atoms with E-state index in [1.54, 1.807) is 6.20 Å². The lowest BCUT2D eigenvalue weighted by atomic mass is 9.98. The second kappa shape index (κ2) is 9.78. The predicted molar refractivity (Wildman–Crippen MR) is 103 cm³/mol. The van der Waals surface area contributed by atoms with E-state index in [2.05, 4.69) is 11.1 Å². The molecule has 1 N–H and O–H groups in total. The maximum Gasteiger partial charge on any atom is 0.490 e. The monoisotopic (exact) mass is 442 g/mol. The normalized spacial score (nSPS) is 25.3. The summed E-state index contributed by atoms with van der Waals surface area (Å²) >= 11 is 0. The Labute approximate surface area is 177 Å². The fourth-order valence-electron chi connectivity index (χ4n) is 3.98. The molecule has 7 nitrogen and oxygen atoms in total. The van der Waals surface area contributed by atoms with Gasteiger partial charge in [-0.2, -0.15) is 13.2 Å². The molecule has 0 bridgehead atoms. The van der Waals surface area contributed by atoms with E-state index < -0.39 is 12.1 Å². The van der Waals surface area contributed by atoms with E-state index in [1.165, 1.54) is 0 Å². The van der Waals surface area contributed by atoms with Gasteiger partial charge in [0.15, 0.2) is 0 Å². The summed E-state index contributed by atoms with van der Waals surface area (Å²) in [7, 11) is 0. The minimum atomic E-state index is -5.08. The van der Waals surface area contributed by atoms with E-state index in [1.807, 2.05) is 23.2 Å². The summed E-state index contributed by atoms with van der Waals surface area (Å²) in [6.07, 6.45) is 5.59. The average molecular weight is 442 g/mol. The summed E-state index contributed by atoms with van der Waals surface area (Å²) in [4.78, 5) is 27.5. The zero-order valence-electron chi connectivity index (χ0n) is 16.9. The number of allylic oxidation sites excluding steroid dienone is 1. The molecule has 0 radical (unpaired) electrons. The highest BCUT2D eigenvalue weighted by atomic mass is 19.4. The summed E-state index contributed by atoms with van der Waals surface area (Å²) in [5, 5.41) is 7.12. The fraction of sp³-hybridized carbons (Fsp3) is 0.571. The van der Waals surface area contributed by atoms with Crippen LogP contribution in [0.1, 0.15) is 37.7 Å². The van der Waals surface area contributed by atoms with E-state index >= 15 is 0 Å². The van der Waals surface area contributed by atoms with Crippen molar-refractivity contribution in [1.29, 1.82) is 0 Å². The molecule has 0 unspecified atom stereocenters. The van der Waals surface area contributed by atoms with Gasteiger partial charge in [-0.3, -0.25) is 9.78 Å². The minimum Gasteiger partial charge on any atom is -0.475 e. The van der Waals surface area contributed by atoms with Crippen molar-refractivity contribution in [3.05, 3.63) is 41.7 Å². The smallest absolute Gasteiger partial charge is 0.475 e. The number of aromatic nitrogens is 1. The van der Waals surface area contributed by atoms with Crippen LogP contribution in [0, 0.1) is 0 Å². The zero-order chi connectivity index (χ0) is 22.5. The first-order valence-corrected chi connectivity index (χ1v) is 10.1. The molecule has 1 spiro atoms. The van der Waals surface area contributed by atoms with Crippen LogP contribution in [-0.2, 0) is 25.7 Å². The molecule has 0 aromatic carbocycles. The Morgan fingerprint density at radius 1 is 1.39 bits per heavy atom.